The number of morpholine rings is 1. The number of ether oxygens (including phenoxy) is 1. The third-order valence-electron chi connectivity index (χ3n) is 3.52. The Labute approximate surface area is 139 Å². The van der Waals surface area contributed by atoms with Crippen molar-refractivity contribution in [3.05, 3.63) is 35.4 Å². The normalized spacial score (nSPS) is 15.7. The van der Waals surface area contributed by atoms with E-state index >= 15 is 0 Å². The zero-order valence-electron chi connectivity index (χ0n) is 12.8. The maximum Gasteiger partial charge on any atom is 0.186 e. The lowest BCUT2D eigenvalue weighted by atomic mass is 10.2. The van der Waals surface area contributed by atoms with Crippen molar-refractivity contribution in [2.45, 2.75) is 6.42 Å². The Bertz CT molecular complexity index is 550. The van der Waals surface area contributed by atoms with Crippen LogP contribution in [0.25, 0.3) is 0 Å². The maximum atomic E-state index is 13.4. The summed E-state index contributed by atoms with van der Waals surface area (Å²) in [5, 5.41) is 7.25. The smallest absolute Gasteiger partial charge is 0.186 e. The molecule has 0 atom stereocenters. The van der Waals surface area contributed by atoms with Crippen molar-refractivity contribution in [2.75, 3.05) is 39.4 Å². The van der Waals surface area contributed by atoms with Gasteiger partial charge in [0.25, 0.3) is 0 Å². The first-order valence-corrected chi connectivity index (χ1v) is 7.99. The molecule has 1 aromatic rings. The van der Waals surface area contributed by atoms with Gasteiger partial charge in [0.2, 0.25) is 0 Å². The number of thiocarbonyl (C=S) groups is 1. The molecule has 0 radical (unpaired) electrons. The molecule has 126 valence electrons. The van der Waals surface area contributed by atoms with E-state index in [9.17, 15) is 8.78 Å². The van der Waals surface area contributed by atoms with Crippen LogP contribution in [-0.2, 0) is 4.74 Å². The fourth-order valence-corrected chi connectivity index (χ4v) is 2.41. The first-order chi connectivity index (χ1) is 11.1. The molecule has 0 unspecified atom stereocenters. The Kier molecular flexibility index (Phi) is 7.31. The van der Waals surface area contributed by atoms with E-state index in [1.807, 2.05) is 0 Å². The second-order valence-corrected chi connectivity index (χ2v) is 5.67. The summed E-state index contributed by atoms with van der Waals surface area (Å²) in [4.78, 5) is 1.54. The summed E-state index contributed by atoms with van der Waals surface area (Å²) < 4.78 is 31.5. The zero-order chi connectivity index (χ0) is 16.5. The molecule has 0 aliphatic carbocycles. The maximum absolute atomic E-state index is 13.4. The second kappa shape index (κ2) is 9.49. The van der Waals surface area contributed by atoms with Crippen molar-refractivity contribution in [2.24, 2.45) is 5.10 Å². The van der Waals surface area contributed by atoms with Gasteiger partial charge in [-0.15, -0.1) is 0 Å². The second-order valence-electron chi connectivity index (χ2n) is 5.26. The highest BCUT2D eigenvalue weighted by Crippen LogP contribution is 2.06. The lowest BCUT2D eigenvalue weighted by Crippen LogP contribution is -3.14. The molecule has 0 spiro atoms. The standard InChI is InChI=1S/C15H20F2N4OS/c16-13-3-2-12(14(17)10-13)11-19-20-15(23)18-4-1-5-21-6-8-22-9-7-21/h2-3,10-11H,1,4-9H2,(H2,18,20,23)/p+1/b19-11-. The van der Waals surface area contributed by atoms with Gasteiger partial charge in [-0.25, -0.2) is 8.78 Å². The Morgan fingerprint density at radius 1 is 1.35 bits per heavy atom. The van der Waals surface area contributed by atoms with Crippen LogP contribution in [-0.4, -0.2) is 50.7 Å². The van der Waals surface area contributed by atoms with Crippen LogP contribution < -0.4 is 15.6 Å². The van der Waals surface area contributed by atoms with E-state index in [4.69, 9.17) is 17.0 Å². The molecule has 1 heterocycles. The van der Waals surface area contributed by atoms with E-state index in [1.54, 1.807) is 4.90 Å². The molecule has 0 amide bonds. The highest BCUT2D eigenvalue weighted by molar-refractivity contribution is 7.80. The highest BCUT2D eigenvalue weighted by atomic mass is 32.1. The van der Waals surface area contributed by atoms with E-state index in [-0.39, 0.29) is 5.56 Å². The van der Waals surface area contributed by atoms with Crippen LogP contribution in [0, 0.1) is 11.6 Å². The lowest BCUT2D eigenvalue weighted by molar-refractivity contribution is -0.908. The van der Waals surface area contributed by atoms with Crippen molar-refractivity contribution in [1.29, 1.82) is 0 Å². The van der Waals surface area contributed by atoms with Crippen LogP contribution in [0.3, 0.4) is 0 Å². The highest BCUT2D eigenvalue weighted by Gasteiger charge is 2.12. The monoisotopic (exact) mass is 343 g/mol. The molecule has 0 aromatic heterocycles. The third kappa shape index (κ3) is 6.55. The molecule has 2 rings (SSSR count). The summed E-state index contributed by atoms with van der Waals surface area (Å²) >= 11 is 5.08. The molecule has 1 aromatic carbocycles. The van der Waals surface area contributed by atoms with E-state index in [2.05, 4.69) is 15.8 Å². The number of hydrazone groups is 1. The van der Waals surface area contributed by atoms with Crippen LogP contribution >= 0.6 is 12.2 Å². The number of nitrogens with zero attached hydrogens (tertiary/aromatic N) is 1. The summed E-state index contributed by atoms with van der Waals surface area (Å²) in [5.74, 6) is -1.28. The van der Waals surface area contributed by atoms with Crippen LogP contribution in [0.15, 0.2) is 23.3 Å². The molecular weight excluding hydrogens is 322 g/mol. The fraction of sp³-hybridized carbons (Fsp3) is 0.467. The summed E-state index contributed by atoms with van der Waals surface area (Å²) in [6.45, 7) is 5.58. The summed E-state index contributed by atoms with van der Waals surface area (Å²) in [5.41, 5.74) is 2.81. The minimum absolute atomic E-state index is 0.192. The van der Waals surface area contributed by atoms with Gasteiger partial charge in [0, 0.05) is 24.6 Å². The number of nitrogens with one attached hydrogen (secondary N) is 3. The van der Waals surface area contributed by atoms with Gasteiger partial charge in [0.1, 0.15) is 24.7 Å². The Morgan fingerprint density at radius 2 is 2.13 bits per heavy atom. The molecule has 0 saturated carbocycles. The first kappa shape index (κ1) is 17.7. The third-order valence-corrected chi connectivity index (χ3v) is 3.76. The molecule has 1 aliphatic rings. The molecule has 1 fully saturated rings. The van der Waals surface area contributed by atoms with Crippen LogP contribution in [0.4, 0.5) is 8.78 Å². The molecular formula is C15H21F2N4OS+. The summed E-state index contributed by atoms with van der Waals surface area (Å²) in [6, 6.07) is 3.30. The number of quaternary nitrogens is 1. The predicted octanol–water partition coefficient (Wildman–Crippen LogP) is 0.0680. The van der Waals surface area contributed by atoms with Gasteiger partial charge in [-0.3, -0.25) is 5.43 Å². The number of benzene rings is 1. The minimum Gasteiger partial charge on any atom is -0.370 e. The first-order valence-electron chi connectivity index (χ1n) is 7.58. The van der Waals surface area contributed by atoms with E-state index in [0.29, 0.717) is 5.11 Å². The van der Waals surface area contributed by atoms with Gasteiger partial charge in [-0.2, -0.15) is 5.10 Å². The quantitative estimate of drug-likeness (QED) is 0.296. The summed E-state index contributed by atoms with van der Waals surface area (Å²) in [7, 11) is 0. The van der Waals surface area contributed by atoms with Gasteiger partial charge >= 0.3 is 0 Å². The Morgan fingerprint density at radius 3 is 2.87 bits per heavy atom. The fourth-order valence-electron chi connectivity index (χ4n) is 2.26. The van der Waals surface area contributed by atoms with Gasteiger partial charge in [0.05, 0.1) is 26.0 Å². The largest absolute Gasteiger partial charge is 0.370 e. The van der Waals surface area contributed by atoms with Crippen molar-refractivity contribution < 1.29 is 18.4 Å². The number of halogens is 2. The lowest BCUT2D eigenvalue weighted by Gasteiger charge is -2.23. The van der Waals surface area contributed by atoms with E-state index in [0.717, 1.165) is 51.9 Å². The molecule has 0 bridgehead atoms. The minimum atomic E-state index is -0.664. The van der Waals surface area contributed by atoms with E-state index in [1.165, 1.54) is 18.3 Å². The van der Waals surface area contributed by atoms with Gasteiger partial charge < -0.3 is 15.0 Å². The SMILES string of the molecule is Fc1ccc(/C=N\NC(=S)NCCC[NH+]2CCOCC2)c(F)c1. The average Bonchev–Trinajstić information content (AvgIpc) is 2.55. The number of hydrogen-bond acceptors (Lipinski definition) is 3. The topological polar surface area (TPSA) is 50.1 Å². The number of hydrogen-bond donors (Lipinski definition) is 3. The predicted molar refractivity (Wildman–Crippen MR) is 88.7 cm³/mol. The molecule has 3 N–H and O–H groups in total. The summed E-state index contributed by atoms with van der Waals surface area (Å²) in [6.07, 6.45) is 2.26. The Balaban J connectivity index is 1.61. The van der Waals surface area contributed by atoms with Crippen molar-refractivity contribution >= 4 is 23.5 Å². The zero-order valence-corrected chi connectivity index (χ0v) is 13.6. The van der Waals surface area contributed by atoms with Crippen molar-refractivity contribution in [3.8, 4) is 0 Å². The van der Waals surface area contributed by atoms with Crippen LogP contribution in [0.1, 0.15) is 12.0 Å². The van der Waals surface area contributed by atoms with Crippen molar-refractivity contribution in [3.63, 3.8) is 0 Å². The molecule has 5 nitrogen and oxygen atoms in total. The van der Waals surface area contributed by atoms with E-state index < -0.39 is 11.6 Å². The average molecular weight is 343 g/mol. The van der Waals surface area contributed by atoms with Gasteiger partial charge in [-0.1, -0.05) is 0 Å². The molecule has 8 heteroatoms. The van der Waals surface area contributed by atoms with Crippen LogP contribution in [0.5, 0.6) is 0 Å². The number of rotatable bonds is 6. The molecule has 1 aliphatic heterocycles. The van der Waals surface area contributed by atoms with Gasteiger partial charge in [0.15, 0.2) is 5.11 Å². The molecule has 23 heavy (non-hydrogen) atoms. The van der Waals surface area contributed by atoms with Crippen molar-refractivity contribution in [1.82, 2.24) is 10.7 Å². The van der Waals surface area contributed by atoms with Crippen LogP contribution in [0.2, 0.25) is 0 Å². The Hall–Kier alpha value is -1.64. The molecule has 1 saturated heterocycles. The van der Waals surface area contributed by atoms with Gasteiger partial charge in [-0.05, 0) is 24.4 Å².